The van der Waals surface area contributed by atoms with Crippen LogP contribution in [0.4, 0.5) is 23.5 Å². The average molecular weight is 515 g/mol. The molecule has 0 radical (unpaired) electrons. The number of hydrogen-bond acceptors (Lipinski definition) is 7. The lowest BCUT2D eigenvalue weighted by Crippen LogP contribution is -2.30. The molecule has 0 aliphatic carbocycles. The van der Waals surface area contributed by atoms with Crippen LogP contribution in [0.2, 0.25) is 0 Å². The van der Waals surface area contributed by atoms with Crippen molar-refractivity contribution in [1.82, 2.24) is 14.7 Å². The van der Waals surface area contributed by atoms with Crippen molar-refractivity contribution in [1.29, 1.82) is 0 Å². The molecule has 2 N–H and O–H groups in total. The van der Waals surface area contributed by atoms with Crippen LogP contribution in [-0.2, 0) is 20.9 Å². The van der Waals surface area contributed by atoms with Crippen molar-refractivity contribution in [2.75, 3.05) is 25.0 Å². The van der Waals surface area contributed by atoms with E-state index in [0.717, 1.165) is 18.3 Å². The summed E-state index contributed by atoms with van der Waals surface area (Å²) in [7, 11) is -4.38. The first kappa shape index (κ1) is 24.0. The van der Waals surface area contributed by atoms with Crippen LogP contribution in [-0.4, -0.2) is 44.1 Å². The summed E-state index contributed by atoms with van der Waals surface area (Å²) in [6.07, 6.45) is -3.76. The molecule has 8 nitrogen and oxygen atoms in total. The Morgan fingerprint density at radius 3 is 2.60 bits per heavy atom. The molecule has 0 aliphatic rings. The Kier molecular flexibility index (Phi) is 7.71. The molecule has 30 heavy (non-hydrogen) atoms. The average Bonchev–Trinajstić information content (AvgIpc) is 2.65. The van der Waals surface area contributed by atoms with Gasteiger partial charge in [-0.3, -0.25) is 0 Å². The number of ether oxygens (including phenoxy) is 1. The van der Waals surface area contributed by atoms with Crippen molar-refractivity contribution in [3.8, 4) is 0 Å². The van der Waals surface area contributed by atoms with Gasteiger partial charge in [0, 0.05) is 23.8 Å². The minimum atomic E-state index is -4.66. The van der Waals surface area contributed by atoms with Crippen molar-refractivity contribution < 1.29 is 35.5 Å². The summed E-state index contributed by atoms with van der Waals surface area (Å²) in [5, 5.41) is 2.43. The van der Waals surface area contributed by atoms with Crippen LogP contribution in [0.25, 0.3) is 0 Å². The van der Waals surface area contributed by atoms with Gasteiger partial charge >= 0.3 is 12.1 Å². The second-order valence-electron chi connectivity index (χ2n) is 5.57. The number of rotatable bonds is 8. The Balaban J connectivity index is 2.07. The van der Waals surface area contributed by atoms with Crippen molar-refractivity contribution in [2.45, 2.75) is 18.0 Å². The maximum absolute atomic E-state index is 14.2. The standard InChI is InChI=1S/C16H15BrF4N4O4S/c1-2-29-14(26)9-7-12(11(18)8-10(9)17)30(27,28)24-6-5-23-15-22-4-3-13(25-15)16(19,20)21/h3-4,7-8,24H,2,5-6H2,1H3,(H,22,23,25). The van der Waals surface area contributed by atoms with Gasteiger partial charge in [-0.05, 0) is 41.1 Å². The van der Waals surface area contributed by atoms with E-state index < -0.39 is 38.6 Å². The summed E-state index contributed by atoms with van der Waals surface area (Å²) in [5.41, 5.74) is -1.35. The normalized spacial score (nSPS) is 11.9. The smallest absolute Gasteiger partial charge is 0.433 e. The van der Waals surface area contributed by atoms with E-state index in [-0.39, 0.29) is 35.7 Å². The molecule has 0 bridgehead atoms. The Hall–Kier alpha value is -2.32. The molecule has 2 rings (SSSR count). The molecule has 1 aromatic heterocycles. The maximum Gasteiger partial charge on any atom is 0.433 e. The van der Waals surface area contributed by atoms with Crippen molar-refractivity contribution >= 4 is 37.9 Å². The zero-order chi connectivity index (χ0) is 22.5. The fourth-order valence-electron chi connectivity index (χ4n) is 2.14. The molecule has 1 aromatic carbocycles. The van der Waals surface area contributed by atoms with Crippen molar-refractivity contribution in [2.24, 2.45) is 0 Å². The molecule has 0 unspecified atom stereocenters. The summed E-state index contributed by atoms with van der Waals surface area (Å²) < 4.78 is 83.6. The Bertz CT molecular complexity index is 1030. The maximum atomic E-state index is 14.2. The van der Waals surface area contributed by atoms with E-state index >= 15 is 0 Å². The molecule has 0 amide bonds. The summed E-state index contributed by atoms with van der Waals surface area (Å²) in [6.45, 7) is 1.07. The van der Waals surface area contributed by atoms with E-state index in [1.54, 1.807) is 6.92 Å². The highest BCUT2D eigenvalue weighted by Crippen LogP contribution is 2.27. The van der Waals surface area contributed by atoms with E-state index in [1.165, 1.54) is 0 Å². The fourth-order valence-corrected chi connectivity index (χ4v) is 3.73. The van der Waals surface area contributed by atoms with Crippen LogP contribution in [0.15, 0.2) is 33.8 Å². The quantitative estimate of drug-likeness (QED) is 0.316. The number of carbonyl (C=O) groups is 1. The van der Waals surface area contributed by atoms with Gasteiger partial charge in [0.05, 0.1) is 12.2 Å². The van der Waals surface area contributed by atoms with Gasteiger partial charge in [-0.1, -0.05) is 0 Å². The number of benzene rings is 1. The predicted octanol–water partition coefficient (Wildman–Crippen LogP) is 2.96. The molecule has 0 aliphatic heterocycles. The third kappa shape index (κ3) is 6.09. The molecule has 164 valence electrons. The highest BCUT2D eigenvalue weighted by Gasteiger charge is 2.32. The predicted molar refractivity (Wildman–Crippen MR) is 101 cm³/mol. The number of carbonyl (C=O) groups excluding carboxylic acids is 1. The molecule has 1 heterocycles. The summed E-state index contributed by atoms with van der Waals surface area (Å²) in [6, 6.07) is 2.32. The minimum Gasteiger partial charge on any atom is -0.462 e. The van der Waals surface area contributed by atoms with Gasteiger partial charge in [0.25, 0.3) is 0 Å². The third-order valence-electron chi connectivity index (χ3n) is 3.45. The van der Waals surface area contributed by atoms with Gasteiger partial charge in [0.1, 0.15) is 16.4 Å². The number of halogens is 5. The van der Waals surface area contributed by atoms with Crippen molar-refractivity contribution in [3.63, 3.8) is 0 Å². The van der Waals surface area contributed by atoms with Gasteiger partial charge in [0.2, 0.25) is 16.0 Å². The molecule has 0 fully saturated rings. The van der Waals surface area contributed by atoms with E-state index in [4.69, 9.17) is 4.74 Å². The highest BCUT2D eigenvalue weighted by atomic mass is 79.9. The lowest BCUT2D eigenvalue weighted by atomic mass is 10.2. The van der Waals surface area contributed by atoms with Crippen molar-refractivity contribution in [3.05, 3.63) is 45.9 Å². The first-order valence-corrected chi connectivity index (χ1v) is 10.5. The zero-order valence-corrected chi connectivity index (χ0v) is 17.7. The van der Waals surface area contributed by atoms with Gasteiger partial charge < -0.3 is 10.1 Å². The second kappa shape index (κ2) is 9.66. The fraction of sp³-hybridized carbons (Fsp3) is 0.312. The molecule has 0 atom stereocenters. The number of aromatic nitrogens is 2. The molecular formula is C16H15BrF4N4O4S. The summed E-state index contributed by atoms with van der Waals surface area (Å²) >= 11 is 2.97. The first-order chi connectivity index (χ1) is 14.0. The van der Waals surface area contributed by atoms with Crippen LogP contribution in [0.5, 0.6) is 0 Å². The Morgan fingerprint density at radius 2 is 1.97 bits per heavy atom. The Labute approximate surface area is 177 Å². The molecule has 14 heteroatoms. The van der Waals surface area contributed by atoms with E-state index in [1.807, 2.05) is 0 Å². The third-order valence-corrected chi connectivity index (χ3v) is 5.58. The SMILES string of the molecule is CCOC(=O)c1cc(S(=O)(=O)NCCNc2nccc(C(F)(F)F)n2)c(F)cc1Br. The number of alkyl halides is 3. The number of hydrogen-bond donors (Lipinski definition) is 2. The van der Waals surface area contributed by atoms with E-state index in [0.29, 0.717) is 6.07 Å². The van der Waals surface area contributed by atoms with E-state index in [2.05, 4.69) is 35.9 Å². The van der Waals surface area contributed by atoms with Crippen LogP contribution < -0.4 is 10.0 Å². The van der Waals surface area contributed by atoms with Gasteiger partial charge in [-0.15, -0.1) is 0 Å². The lowest BCUT2D eigenvalue weighted by Gasteiger charge is -2.12. The molecule has 0 saturated heterocycles. The topological polar surface area (TPSA) is 110 Å². The Morgan fingerprint density at radius 1 is 1.27 bits per heavy atom. The number of anilines is 1. The minimum absolute atomic E-state index is 0.0146. The first-order valence-electron chi connectivity index (χ1n) is 8.25. The van der Waals surface area contributed by atoms with Gasteiger partial charge in [0.15, 0.2) is 0 Å². The number of sulfonamides is 1. The molecule has 0 spiro atoms. The summed E-state index contributed by atoms with van der Waals surface area (Å²) in [5.74, 6) is -2.32. The number of nitrogens with zero attached hydrogens (tertiary/aromatic N) is 2. The highest BCUT2D eigenvalue weighted by molar-refractivity contribution is 9.10. The number of nitrogens with one attached hydrogen (secondary N) is 2. The lowest BCUT2D eigenvalue weighted by molar-refractivity contribution is -0.141. The van der Waals surface area contributed by atoms with Crippen LogP contribution in [0.1, 0.15) is 23.0 Å². The van der Waals surface area contributed by atoms with Gasteiger partial charge in [-0.2, -0.15) is 13.2 Å². The monoisotopic (exact) mass is 514 g/mol. The number of esters is 1. The van der Waals surface area contributed by atoms with Gasteiger partial charge in [-0.25, -0.2) is 32.3 Å². The summed E-state index contributed by atoms with van der Waals surface area (Å²) in [4.78, 5) is 18.0. The molecular weight excluding hydrogens is 500 g/mol. The second-order valence-corrected chi connectivity index (χ2v) is 8.16. The molecule has 0 saturated carbocycles. The van der Waals surface area contributed by atoms with Crippen LogP contribution in [0, 0.1) is 5.82 Å². The van der Waals surface area contributed by atoms with E-state index in [9.17, 15) is 30.8 Å². The van der Waals surface area contributed by atoms with Crippen LogP contribution in [0.3, 0.4) is 0 Å². The largest absolute Gasteiger partial charge is 0.462 e. The van der Waals surface area contributed by atoms with Crippen LogP contribution >= 0.6 is 15.9 Å². The molecule has 2 aromatic rings. The zero-order valence-electron chi connectivity index (χ0n) is 15.3.